The molecule has 1 amide bonds. The molecule has 1 rings (SSSR count). The predicted octanol–water partition coefficient (Wildman–Crippen LogP) is -0.00290. The van der Waals surface area contributed by atoms with Crippen molar-refractivity contribution >= 4 is 27.7 Å². The van der Waals surface area contributed by atoms with Crippen molar-refractivity contribution in [3.63, 3.8) is 0 Å². The van der Waals surface area contributed by atoms with E-state index in [1.54, 1.807) is 18.7 Å². The summed E-state index contributed by atoms with van der Waals surface area (Å²) in [5.74, 6) is 0.863. The Bertz CT molecular complexity index is 406. The van der Waals surface area contributed by atoms with Crippen molar-refractivity contribution in [2.45, 2.75) is 38.3 Å². The second-order valence-corrected chi connectivity index (χ2v) is 8.21. The van der Waals surface area contributed by atoms with Gasteiger partial charge in [-0.2, -0.15) is 11.8 Å². The zero-order valence-corrected chi connectivity index (χ0v) is 13.8. The second kappa shape index (κ2) is 8.21. The maximum absolute atomic E-state index is 11.9. The van der Waals surface area contributed by atoms with E-state index >= 15 is 0 Å². The lowest BCUT2D eigenvalue weighted by Crippen LogP contribution is -2.50. The summed E-state index contributed by atoms with van der Waals surface area (Å²) in [5.41, 5.74) is 5.81. The minimum absolute atomic E-state index is 0.0335. The summed E-state index contributed by atoms with van der Waals surface area (Å²) < 4.78 is 25.0. The largest absolute Gasteiger partial charge is 0.352 e. The molecule has 0 aromatic rings. The number of carbonyl (C=O) groups is 1. The van der Waals surface area contributed by atoms with Crippen LogP contribution in [0, 0.1) is 0 Å². The van der Waals surface area contributed by atoms with Gasteiger partial charge in [-0.1, -0.05) is 0 Å². The first-order chi connectivity index (χ1) is 9.40. The van der Waals surface area contributed by atoms with E-state index in [4.69, 9.17) is 5.73 Å². The summed E-state index contributed by atoms with van der Waals surface area (Å²) >= 11 is 1.67. The first-order valence-electron chi connectivity index (χ1n) is 6.93. The van der Waals surface area contributed by atoms with Gasteiger partial charge in [-0.15, -0.1) is 0 Å². The maximum Gasteiger partial charge on any atom is 0.237 e. The van der Waals surface area contributed by atoms with Gasteiger partial charge in [0.1, 0.15) is 0 Å². The SMILES string of the molecule is CCS(=O)(=O)N1CCC(NC(=O)[C@H](N)CCSC)CC1. The van der Waals surface area contributed by atoms with Gasteiger partial charge in [0.2, 0.25) is 15.9 Å². The van der Waals surface area contributed by atoms with E-state index in [2.05, 4.69) is 5.32 Å². The van der Waals surface area contributed by atoms with Crippen molar-refractivity contribution in [1.29, 1.82) is 0 Å². The average Bonchev–Trinajstić information content (AvgIpc) is 2.45. The van der Waals surface area contributed by atoms with E-state index in [0.29, 0.717) is 32.4 Å². The smallest absolute Gasteiger partial charge is 0.237 e. The van der Waals surface area contributed by atoms with Gasteiger partial charge in [0.25, 0.3) is 0 Å². The molecule has 0 bridgehead atoms. The van der Waals surface area contributed by atoms with Gasteiger partial charge < -0.3 is 11.1 Å². The molecule has 0 radical (unpaired) electrons. The summed E-state index contributed by atoms with van der Waals surface area (Å²) in [7, 11) is -3.11. The first-order valence-corrected chi connectivity index (χ1v) is 9.93. The number of sulfonamides is 1. The van der Waals surface area contributed by atoms with Crippen LogP contribution in [0.4, 0.5) is 0 Å². The number of hydrogen-bond acceptors (Lipinski definition) is 5. The van der Waals surface area contributed by atoms with Crippen LogP contribution in [0.1, 0.15) is 26.2 Å². The lowest BCUT2D eigenvalue weighted by Gasteiger charge is -2.31. The predicted molar refractivity (Wildman–Crippen MR) is 83.2 cm³/mol. The van der Waals surface area contributed by atoms with E-state index in [1.165, 1.54) is 4.31 Å². The molecule has 1 aliphatic heterocycles. The molecule has 6 nitrogen and oxygen atoms in total. The number of nitrogens with two attached hydrogens (primary N) is 1. The highest BCUT2D eigenvalue weighted by Crippen LogP contribution is 2.14. The Balaban J connectivity index is 2.37. The maximum atomic E-state index is 11.9. The number of nitrogens with zero attached hydrogens (tertiary/aromatic N) is 1. The molecule has 118 valence electrons. The van der Waals surface area contributed by atoms with Crippen molar-refractivity contribution in [2.24, 2.45) is 5.73 Å². The van der Waals surface area contributed by atoms with E-state index in [1.807, 2.05) is 6.26 Å². The van der Waals surface area contributed by atoms with Gasteiger partial charge in [0.15, 0.2) is 0 Å². The topological polar surface area (TPSA) is 92.5 Å². The minimum atomic E-state index is -3.11. The molecule has 20 heavy (non-hydrogen) atoms. The molecule has 0 unspecified atom stereocenters. The third-order valence-corrected chi connectivity index (χ3v) is 6.05. The molecule has 0 aliphatic carbocycles. The second-order valence-electron chi connectivity index (χ2n) is 4.97. The molecule has 8 heteroatoms. The van der Waals surface area contributed by atoms with Crippen molar-refractivity contribution in [2.75, 3.05) is 30.9 Å². The number of piperidine rings is 1. The molecule has 0 aromatic carbocycles. The summed E-state index contributed by atoms with van der Waals surface area (Å²) in [5, 5.41) is 2.92. The first kappa shape index (κ1) is 17.7. The van der Waals surface area contributed by atoms with Crippen LogP contribution in [0.15, 0.2) is 0 Å². The van der Waals surface area contributed by atoms with E-state index in [9.17, 15) is 13.2 Å². The van der Waals surface area contributed by atoms with Gasteiger partial charge in [-0.05, 0) is 38.2 Å². The van der Waals surface area contributed by atoms with Crippen LogP contribution in [-0.2, 0) is 14.8 Å². The molecule has 0 aromatic heterocycles. The molecule has 1 atom stereocenters. The fraction of sp³-hybridized carbons (Fsp3) is 0.917. The number of carbonyl (C=O) groups excluding carboxylic acids is 1. The Morgan fingerprint density at radius 2 is 2.05 bits per heavy atom. The van der Waals surface area contributed by atoms with Gasteiger partial charge >= 0.3 is 0 Å². The van der Waals surface area contributed by atoms with E-state index in [-0.39, 0.29) is 17.7 Å². The summed E-state index contributed by atoms with van der Waals surface area (Å²) in [4.78, 5) is 11.9. The fourth-order valence-electron chi connectivity index (χ4n) is 2.15. The van der Waals surface area contributed by atoms with E-state index < -0.39 is 16.1 Å². The molecule has 3 N–H and O–H groups in total. The molecule has 1 saturated heterocycles. The van der Waals surface area contributed by atoms with Crippen LogP contribution in [0.2, 0.25) is 0 Å². The number of rotatable bonds is 7. The fourth-order valence-corrected chi connectivity index (χ4v) is 3.77. The highest BCUT2D eigenvalue weighted by molar-refractivity contribution is 7.98. The van der Waals surface area contributed by atoms with Crippen LogP contribution in [0.5, 0.6) is 0 Å². The Kier molecular flexibility index (Phi) is 7.28. The molecular formula is C12H25N3O3S2. The molecule has 1 aliphatic rings. The zero-order valence-electron chi connectivity index (χ0n) is 12.2. The van der Waals surface area contributed by atoms with Crippen LogP contribution >= 0.6 is 11.8 Å². The van der Waals surface area contributed by atoms with Gasteiger partial charge in [0, 0.05) is 19.1 Å². The minimum Gasteiger partial charge on any atom is -0.352 e. The lowest BCUT2D eigenvalue weighted by molar-refractivity contribution is -0.123. The number of amides is 1. The number of hydrogen-bond donors (Lipinski definition) is 2. The van der Waals surface area contributed by atoms with Crippen molar-refractivity contribution in [1.82, 2.24) is 9.62 Å². The monoisotopic (exact) mass is 323 g/mol. The van der Waals surface area contributed by atoms with Crippen molar-refractivity contribution < 1.29 is 13.2 Å². The summed E-state index contributed by atoms with van der Waals surface area (Å²) in [6.07, 6.45) is 3.95. The Hall–Kier alpha value is -0.310. The van der Waals surface area contributed by atoms with Gasteiger partial charge in [-0.3, -0.25) is 4.79 Å². The normalized spacial score (nSPS) is 19.8. The Labute approximate surface area is 125 Å². The standard InChI is InChI=1S/C12H25N3O3S2/c1-3-20(17,18)15-7-4-10(5-8-15)14-12(16)11(13)6-9-19-2/h10-11H,3-9,13H2,1-2H3,(H,14,16)/t11-/m1/s1. The highest BCUT2D eigenvalue weighted by atomic mass is 32.2. The molecular weight excluding hydrogens is 298 g/mol. The van der Waals surface area contributed by atoms with Crippen molar-refractivity contribution in [3.05, 3.63) is 0 Å². The van der Waals surface area contributed by atoms with Crippen molar-refractivity contribution in [3.8, 4) is 0 Å². The Morgan fingerprint density at radius 1 is 1.45 bits per heavy atom. The molecule has 0 spiro atoms. The molecule has 1 fully saturated rings. The quantitative estimate of drug-likeness (QED) is 0.688. The molecule has 1 heterocycles. The van der Waals surface area contributed by atoms with Gasteiger partial charge in [-0.25, -0.2) is 12.7 Å². The van der Waals surface area contributed by atoms with Crippen LogP contribution in [0.25, 0.3) is 0 Å². The van der Waals surface area contributed by atoms with Crippen LogP contribution in [0.3, 0.4) is 0 Å². The van der Waals surface area contributed by atoms with Crippen LogP contribution in [-0.4, -0.2) is 61.6 Å². The zero-order chi connectivity index (χ0) is 15.2. The van der Waals surface area contributed by atoms with Crippen LogP contribution < -0.4 is 11.1 Å². The van der Waals surface area contributed by atoms with Gasteiger partial charge in [0.05, 0.1) is 11.8 Å². The number of thioether (sulfide) groups is 1. The summed E-state index contributed by atoms with van der Waals surface area (Å²) in [6, 6.07) is -0.439. The molecule has 0 saturated carbocycles. The average molecular weight is 323 g/mol. The lowest BCUT2D eigenvalue weighted by atomic mass is 10.1. The third-order valence-electron chi connectivity index (χ3n) is 3.53. The third kappa shape index (κ3) is 5.23. The highest BCUT2D eigenvalue weighted by Gasteiger charge is 2.28. The Morgan fingerprint density at radius 3 is 2.55 bits per heavy atom. The van der Waals surface area contributed by atoms with E-state index in [0.717, 1.165) is 5.75 Å². The summed E-state index contributed by atoms with van der Waals surface area (Å²) in [6.45, 7) is 2.59. The number of nitrogens with one attached hydrogen (secondary N) is 1.